The topological polar surface area (TPSA) is 86.8 Å². The first-order valence-electron chi connectivity index (χ1n) is 12.0. The Hall–Kier alpha value is -2.29. The molecule has 10 heteroatoms. The van der Waals surface area contributed by atoms with E-state index in [-0.39, 0.29) is 37.7 Å². The molecule has 2 rings (SSSR count). The second kappa shape index (κ2) is 13.9. The summed E-state index contributed by atoms with van der Waals surface area (Å²) in [6, 6.07) is 11.5. The number of aryl methyl sites for hydroxylation is 1. The molecule has 7 nitrogen and oxygen atoms in total. The molecule has 2 aromatic rings. The molecule has 0 bridgehead atoms. The maximum atomic E-state index is 13.4. The fourth-order valence-electron chi connectivity index (χ4n) is 3.83. The highest BCUT2D eigenvalue weighted by Gasteiger charge is 2.29. The molecule has 0 aliphatic rings. The Kier molecular flexibility index (Phi) is 11.5. The summed E-state index contributed by atoms with van der Waals surface area (Å²) in [7, 11) is -3.54. The van der Waals surface area contributed by atoms with Crippen molar-refractivity contribution in [1.29, 1.82) is 0 Å². The van der Waals surface area contributed by atoms with Crippen LogP contribution < -0.4 is 9.62 Å². The van der Waals surface area contributed by atoms with Gasteiger partial charge in [-0.3, -0.25) is 13.9 Å². The van der Waals surface area contributed by atoms with Gasteiger partial charge in [-0.25, -0.2) is 8.42 Å². The maximum absolute atomic E-state index is 13.4. The van der Waals surface area contributed by atoms with Gasteiger partial charge in [-0.1, -0.05) is 60.8 Å². The molecule has 0 saturated heterocycles. The number of anilines is 1. The van der Waals surface area contributed by atoms with Crippen molar-refractivity contribution in [1.82, 2.24) is 10.2 Å². The highest BCUT2D eigenvalue weighted by molar-refractivity contribution is 7.92. The number of sulfonamides is 1. The number of hydrogen-bond acceptors (Lipinski definition) is 4. The van der Waals surface area contributed by atoms with E-state index in [0.29, 0.717) is 34.3 Å². The average Bonchev–Trinajstić information content (AvgIpc) is 2.81. The van der Waals surface area contributed by atoms with E-state index in [4.69, 9.17) is 23.2 Å². The molecule has 1 atom stereocenters. The molecule has 2 amide bonds. The highest BCUT2D eigenvalue weighted by atomic mass is 35.5. The van der Waals surface area contributed by atoms with Gasteiger partial charge in [0, 0.05) is 36.1 Å². The Morgan fingerprint density at radius 1 is 1.06 bits per heavy atom. The van der Waals surface area contributed by atoms with Crippen molar-refractivity contribution in [2.24, 2.45) is 0 Å². The van der Waals surface area contributed by atoms with E-state index in [1.807, 2.05) is 32.9 Å². The van der Waals surface area contributed by atoms with Crippen molar-refractivity contribution in [3.05, 3.63) is 63.6 Å². The van der Waals surface area contributed by atoms with E-state index in [9.17, 15) is 18.0 Å². The molecule has 0 aliphatic heterocycles. The maximum Gasteiger partial charge on any atom is 0.242 e. The van der Waals surface area contributed by atoms with Crippen LogP contribution in [0, 0.1) is 6.92 Å². The smallest absolute Gasteiger partial charge is 0.242 e. The predicted octanol–water partition coefficient (Wildman–Crippen LogP) is 5.18. The first-order valence-corrected chi connectivity index (χ1v) is 14.6. The number of nitrogens with zero attached hydrogens (tertiary/aromatic N) is 2. The molecule has 0 fully saturated rings. The summed E-state index contributed by atoms with van der Waals surface area (Å²) in [4.78, 5) is 27.8. The van der Waals surface area contributed by atoms with Gasteiger partial charge >= 0.3 is 0 Å². The van der Waals surface area contributed by atoms with Gasteiger partial charge in [0.15, 0.2) is 0 Å². The minimum Gasteiger partial charge on any atom is -0.354 e. The zero-order valence-electron chi connectivity index (χ0n) is 21.3. The number of carbonyl (C=O) groups excluding carboxylic acids is 2. The van der Waals surface area contributed by atoms with Gasteiger partial charge < -0.3 is 10.2 Å². The zero-order chi connectivity index (χ0) is 26.9. The van der Waals surface area contributed by atoms with Crippen LogP contribution in [0.4, 0.5) is 5.69 Å². The van der Waals surface area contributed by atoms with Crippen LogP contribution in [0.5, 0.6) is 0 Å². The van der Waals surface area contributed by atoms with Crippen LogP contribution in [0.1, 0.15) is 50.7 Å². The standard InChI is InChI=1S/C26H35Cl2N3O4S/c1-5-15-29-26(33)24(6-2)30(18-20-11-12-21(27)17-23(20)28)25(32)8-7-16-31(36(4,34)35)22-13-9-19(3)10-14-22/h9-14,17,24H,5-8,15-16,18H2,1-4H3,(H,29,33). The van der Waals surface area contributed by atoms with Crippen molar-refractivity contribution >= 4 is 50.7 Å². The molecule has 0 heterocycles. The van der Waals surface area contributed by atoms with Crippen LogP contribution in [0.2, 0.25) is 10.0 Å². The summed E-state index contributed by atoms with van der Waals surface area (Å²) in [6.45, 7) is 6.53. The second-order valence-electron chi connectivity index (χ2n) is 8.75. The minimum absolute atomic E-state index is 0.0701. The summed E-state index contributed by atoms with van der Waals surface area (Å²) in [6.07, 6.45) is 2.71. The van der Waals surface area contributed by atoms with Crippen LogP contribution in [0.15, 0.2) is 42.5 Å². The largest absolute Gasteiger partial charge is 0.354 e. The van der Waals surface area contributed by atoms with Crippen molar-refractivity contribution in [2.75, 3.05) is 23.7 Å². The van der Waals surface area contributed by atoms with E-state index in [0.717, 1.165) is 18.2 Å². The lowest BCUT2D eigenvalue weighted by atomic mass is 10.1. The molecule has 2 aromatic carbocycles. The number of benzene rings is 2. The summed E-state index contributed by atoms with van der Waals surface area (Å²) in [5.74, 6) is -0.480. The van der Waals surface area contributed by atoms with Crippen LogP contribution >= 0.6 is 23.2 Å². The van der Waals surface area contributed by atoms with E-state index >= 15 is 0 Å². The Balaban J connectivity index is 2.23. The normalized spacial score (nSPS) is 12.2. The monoisotopic (exact) mass is 555 g/mol. The average molecular weight is 557 g/mol. The molecule has 0 aliphatic carbocycles. The molecule has 0 radical (unpaired) electrons. The lowest BCUT2D eigenvalue weighted by Crippen LogP contribution is -2.49. The summed E-state index contributed by atoms with van der Waals surface area (Å²) in [5.41, 5.74) is 2.24. The quantitative estimate of drug-likeness (QED) is 0.368. The molecule has 198 valence electrons. The molecule has 1 unspecified atom stereocenters. The molecule has 0 aromatic heterocycles. The number of nitrogens with one attached hydrogen (secondary N) is 1. The van der Waals surface area contributed by atoms with Gasteiger partial charge in [0.05, 0.1) is 11.9 Å². The Morgan fingerprint density at radius 3 is 2.28 bits per heavy atom. The summed E-state index contributed by atoms with van der Waals surface area (Å²) in [5, 5.41) is 3.76. The van der Waals surface area contributed by atoms with Crippen LogP contribution in [-0.2, 0) is 26.2 Å². The molecule has 1 N–H and O–H groups in total. The van der Waals surface area contributed by atoms with E-state index in [1.54, 1.807) is 30.3 Å². The Labute approximate surface area is 224 Å². The van der Waals surface area contributed by atoms with Crippen molar-refractivity contribution < 1.29 is 18.0 Å². The molecular weight excluding hydrogens is 521 g/mol. The van der Waals surface area contributed by atoms with Gasteiger partial charge in [-0.05, 0) is 56.0 Å². The van der Waals surface area contributed by atoms with E-state index < -0.39 is 16.1 Å². The Bertz CT molecular complexity index is 1140. The van der Waals surface area contributed by atoms with E-state index in [2.05, 4.69) is 5.32 Å². The van der Waals surface area contributed by atoms with Crippen LogP contribution in [-0.4, -0.2) is 50.5 Å². The van der Waals surface area contributed by atoms with Gasteiger partial charge in [0.1, 0.15) is 6.04 Å². The summed E-state index contributed by atoms with van der Waals surface area (Å²) >= 11 is 12.4. The fraction of sp³-hybridized carbons (Fsp3) is 0.462. The molecular formula is C26H35Cl2N3O4S. The second-order valence-corrected chi connectivity index (χ2v) is 11.5. The fourth-order valence-corrected chi connectivity index (χ4v) is 5.27. The number of rotatable bonds is 13. The first-order chi connectivity index (χ1) is 17.0. The SMILES string of the molecule is CCCNC(=O)C(CC)N(Cc1ccc(Cl)cc1Cl)C(=O)CCCN(c1ccc(C)cc1)S(C)(=O)=O. The third kappa shape index (κ3) is 8.68. The lowest BCUT2D eigenvalue weighted by molar-refractivity contribution is -0.141. The van der Waals surface area contributed by atoms with Crippen LogP contribution in [0.3, 0.4) is 0 Å². The van der Waals surface area contributed by atoms with E-state index in [1.165, 1.54) is 9.21 Å². The molecule has 36 heavy (non-hydrogen) atoms. The molecule has 0 spiro atoms. The number of carbonyl (C=O) groups is 2. The molecule has 0 saturated carbocycles. The number of halogens is 2. The predicted molar refractivity (Wildman–Crippen MR) is 147 cm³/mol. The summed E-state index contributed by atoms with van der Waals surface area (Å²) < 4.78 is 26.2. The third-order valence-corrected chi connectivity index (χ3v) is 7.55. The minimum atomic E-state index is -3.54. The van der Waals surface area contributed by atoms with Crippen LogP contribution in [0.25, 0.3) is 0 Å². The first kappa shape index (κ1) is 29.9. The zero-order valence-corrected chi connectivity index (χ0v) is 23.6. The number of hydrogen-bond donors (Lipinski definition) is 1. The number of amides is 2. The van der Waals surface area contributed by atoms with Crippen molar-refractivity contribution in [3.8, 4) is 0 Å². The van der Waals surface area contributed by atoms with Crippen molar-refractivity contribution in [2.45, 2.75) is 59.0 Å². The van der Waals surface area contributed by atoms with Gasteiger partial charge in [0.25, 0.3) is 0 Å². The van der Waals surface area contributed by atoms with Gasteiger partial charge in [0.2, 0.25) is 21.8 Å². The van der Waals surface area contributed by atoms with Crippen molar-refractivity contribution in [3.63, 3.8) is 0 Å². The lowest BCUT2D eigenvalue weighted by Gasteiger charge is -2.31. The third-order valence-electron chi connectivity index (χ3n) is 5.77. The highest BCUT2D eigenvalue weighted by Crippen LogP contribution is 2.25. The van der Waals surface area contributed by atoms with Gasteiger partial charge in [-0.15, -0.1) is 0 Å². The Morgan fingerprint density at radius 2 is 1.72 bits per heavy atom. The van der Waals surface area contributed by atoms with Gasteiger partial charge in [-0.2, -0.15) is 0 Å².